The summed E-state index contributed by atoms with van der Waals surface area (Å²) >= 11 is 0. The third-order valence-corrected chi connectivity index (χ3v) is 5.81. The fraction of sp³-hybridized carbons (Fsp3) is 0.440. The van der Waals surface area contributed by atoms with E-state index in [1.807, 2.05) is 18.2 Å². The fourth-order valence-electron chi connectivity index (χ4n) is 4.18. The van der Waals surface area contributed by atoms with Crippen LogP contribution in [0.25, 0.3) is 11.1 Å². The van der Waals surface area contributed by atoms with E-state index in [9.17, 15) is 10.5 Å². The van der Waals surface area contributed by atoms with Crippen molar-refractivity contribution < 1.29 is 4.74 Å². The number of ether oxygens (including phenoxy) is 1. The zero-order chi connectivity index (χ0) is 19.9. The minimum atomic E-state index is 0.333. The van der Waals surface area contributed by atoms with Crippen molar-refractivity contribution in [2.75, 3.05) is 6.61 Å². The highest BCUT2D eigenvalue weighted by molar-refractivity contribution is 5.75. The normalized spacial score (nSPS) is 19.0. The van der Waals surface area contributed by atoms with Crippen LogP contribution >= 0.6 is 0 Å². The molecule has 3 nitrogen and oxygen atoms in total. The zero-order valence-corrected chi connectivity index (χ0v) is 16.9. The number of nitrogens with zero attached hydrogens (tertiary/aromatic N) is 2. The summed E-state index contributed by atoms with van der Waals surface area (Å²) in [5, 5.41) is 19.7. The maximum absolute atomic E-state index is 9.86. The molecule has 1 aliphatic carbocycles. The summed E-state index contributed by atoms with van der Waals surface area (Å²) in [5.74, 6) is 0.333. The van der Waals surface area contributed by atoms with Gasteiger partial charge in [0.2, 0.25) is 0 Å². The van der Waals surface area contributed by atoms with Gasteiger partial charge in [0.05, 0.1) is 17.2 Å². The Kier molecular flexibility index (Phi) is 6.85. The number of nitriles is 2. The van der Waals surface area contributed by atoms with Crippen LogP contribution < -0.4 is 0 Å². The molecule has 0 radical (unpaired) electrons. The average Bonchev–Trinajstić information content (AvgIpc) is 2.77. The molecule has 0 heterocycles. The molecule has 0 spiro atoms. The lowest BCUT2D eigenvalue weighted by atomic mass is 9.79. The standard InChI is InChI=1S/C25H28N2O/c1-3-15-28-21-11-9-20(10-12-21)23-14-13-22(24(16-26)25(23)17-27)19-7-5-18(4-2)6-8-19/h5-8,13-14,20-21H,3-4,9-12,15H2,1-2H3/t20-,21-. The predicted molar refractivity (Wildman–Crippen MR) is 112 cm³/mol. The molecular weight excluding hydrogens is 344 g/mol. The van der Waals surface area contributed by atoms with Crippen LogP contribution in [0.1, 0.15) is 74.1 Å². The minimum absolute atomic E-state index is 0.333. The van der Waals surface area contributed by atoms with E-state index in [0.29, 0.717) is 23.1 Å². The molecule has 144 valence electrons. The molecule has 0 N–H and O–H groups in total. The van der Waals surface area contributed by atoms with Gasteiger partial charge in [-0.15, -0.1) is 0 Å². The smallest absolute Gasteiger partial charge is 0.101 e. The Morgan fingerprint density at radius 2 is 1.57 bits per heavy atom. The molecule has 1 saturated carbocycles. The van der Waals surface area contributed by atoms with Gasteiger partial charge in [0.25, 0.3) is 0 Å². The molecule has 0 bridgehead atoms. The number of aryl methyl sites for hydroxylation is 1. The molecule has 0 saturated heterocycles. The van der Waals surface area contributed by atoms with E-state index in [-0.39, 0.29) is 0 Å². The number of benzene rings is 2. The molecule has 0 unspecified atom stereocenters. The van der Waals surface area contributed by atoms with Gasteiger partial charge in [-0.1, -0.05) is 50.2 Å². The first-order valence-corrected chi connectivity index (χ1v) is 10.4. The van der Waals surface area contributed by atoms with Crippen LogP contribution in [0.15, 0.2) is 36.4 Å². The van der Waals surface area contributed by atoms with Gasteiger partial charge in [0.1, 0.15) is 12.1 Å². The van der Waals surface area contributed by atoms with Gasteiger partial charge in [-0.3, -0.25) is 0 Å². The Morgan fingerprint density at radius 3 is 2.14 bits per heavy atom. The van der Waals surface area contributed by atoms with E-state index in [2.05, 4.69) is 44.2 Å². The van der Waals surface area contributed by atoms with E-state index in [1.165, 1.54) is 5.56 Å². The van der Waals surface area contributed by atoms with E-state index in [4.69, 9.17) is 4.74 Å². The second kappa shape index (κ2) is 9.54. The van der Waals surface area contributed by atoms with Gasteiger partial charge in [-0.2, -0.15) is 10.5 Å². The molecule has 1 fully saturated rings. The molecule has 28 heavy (non-hydrogen) atoms. The van der Waals surface area contributed by atoms with Crippen molar-refractivity contribution in [2.45, 2.75) is 64.4 Å². The highest BCUT2D eigenvalue weighted by atomic mass is 16.5. The third-order valence-electron chi connectivity index (χ3n) is 5.81. The molecule has 0 amide bonds. The Hall–Kier alpha value is -2.62. The predicted octanol–water partition coefficient (Wildman–Crippen LogP) is 6.11. The molecular formula is C25H28N2O. The molecule has 3 heteroatoms. The molecule has 0 aliphatic heterocycles. The summed E-state index contributed by atoms with van der Waals surface area (Å²) in [6.07, 6.45) is 6.45. The summed E-state index contributed by atoms with van der Waals surface area (Å²) in [4.78, 5) is 0. The summed E-state index contributed by atoms with van der Waals surface area (Å²) in [6, 6.07) is 17.0. The van der Waals surface area contributed by atoms with Gasteiger partial charge >= 0.3 is 0 Å². The summed E-state index contributed by atoms with van der Waals surface area (Å²) in [6.45, 7) is 5.08. The van der Waals surface area contributed by atoms with Crippen LogP contribution in [-0.2, 0) is 11.2 Å². The molecule has 0 atom stereocenters. The zero-order valence-electron chi connectivity index (χ0n) is 16.9. The Bertz CT molecular complexity index is 878. The van der Waals surface area contributed by atoms with Crippen molar-refractivity contribution in [3.63, 3.8) is 0 Å². The molecule has 1 aliphatic rings. The SMILES string of the molecule is CCCO[C@H]1CC[C@H](c2ccc(-c3ccc(CC)cc3)c(C#N)c2C#N)CC1. The monoisotopic (exact) mass is 372 g/mol. The summed E-state index contributed by atoms with van der Waals surface area (Å²) in [7, 11) is 0. The van der Waals surface area contributed by atoms with Crippen LogP contribution in [0.5, 0.6) is 0 Å². The van der Waals surface area contributed by atoms with Crippen molar-refractivity contribution in [1.82, 2.24) is 0 Å². The summed E-state index contributed by atoms with van der Waals surface area (Å²) in [5.41, 5.74) is 5.20. The van der Waals surface area contributed by atoms with E-state index < -0.39 is 0 Å². The van der Waals surface area contributed by atoms with Crippen LogP contribution in [0.2, 0.25) is 0 Å². The van der Waals surface area contributed by atoms with Crippen molar-refractivity contribution in [2.24, 2.45) is 0 Å². The van der Waals surface area contributed by atoms with E-state index in [1.54, 1.807) is 0 Å². The molecule has 2 aromatic carbocycles. The molecule has 0 aromatic heterocycles. The van der Waals surface area contributed by atoms with Gasteiger partial charge in [-0.25, -0.2) is 0 Å². The molecule has 3 rings (SSSR count). The van der Waals surface area contributed by atoms with E-state index >= 15 is 0 Å². The van der Waals surface area contributed by atoms with Gasteiger partial charge in [0, 0.05) is 12.2 Å². The molecule has 2 aromatic rings. The second-order valence-electron chi connectivity index (χ2n) is 7.57. The Labute approximate surface area is 168 Å². The number of hydrogen-bond acceptors (Lipinski definition) is 3. The first-order valence-electron chi connectivity index (χ1n) is 10.4. The lowest BCUT2D eigenvalue weighted by Gasteiger charge is -2.29. The van der Waals surface area contributed by atoms with Crippen molar-refractivity contribution >= 4 is 0 Å². The largest absolute Gasteiger partial charge is 0.378 e. The van der Waals surface area contributed by atoms with Gasteiger partial charge in [-0.05, 0) is 61.1 Å². The first kappa shape index (κ1) is 20.1. The third kappa shape index (κ3) is 4.27. The van der Waals surface area contributed by atoms with Crippen LogP contribution in [-0.4, -0.2) is 12.7 Å². The average molecular weight is 373 g/mol. The van der Waals surface area contributed by atoms with Crippen molar-refractivity contribution in [1.29, 1.82) is 10.5 Å². The Balaban J connectivity index is 1.88. The number of hydrogen-bond donors (Lipinski definition) is 0. The van der Waals surface area contributed by atoms with Gasteiger partial charge < -0.3 is 4.74 Å². The lowest BCUT2D eigenvalue weighted by Crippen LogP contribution is -2.21. The van der Waals surface area contributed by atoms with Crippen LogP contribution in [0, 0.1) is 22.7 Å². The van der Waals surface area contributed by atoms with Crippen LogP contribution in [0.3, 0.4) is 0 Å². The highest BCUT2D eigenvalue weighted by Crippen LogP contribution is 2.38. The highest BCUT2D eigenvalue weighted by Gasteiger charge is 2.26. The minimum Gasteiger partial charge on any atom is -0.378 e. The Morgan fingerprint density at radius 1 is 0.893 bits per heavy atom. The van der Waals surface area contributed by atoms with Gasteiger partial charge in [0.15, 0.2) is 0 Å². The topological polar surface area (TPSA) is 56.8 Å². The quantitative estimate of drug-likeness (QED) is 0.614. The number of rotatable bonds is 6. The maximum Gasteiger partial charge on any atom is 0.101 e. The fourth-order valence-corrected chi connectivity index (χ4v) is 4.18. The lowest BCUT2D eigenvalue weighted by molar-refractivity contribution is 0.0251. The maximum atomic E-state index is 9.86. The first-order chi connectivity index (χ1) is 13.7. The summed E-state index contributed by atoms with van der Waals surface area (Å²) < 4.78 is 5.90. The van der Waals surface area contributed by atoms with Crippen LogP contribution in [0.4, 0.5) is 0 Å². The van der Waals surface area contributed by atoms with Crippen molar-refractivity contribution in [3.8, 4) is 23.3 Å². The van der Waals surface area contributed by atoms with E-state index in [0.717, 1.165) is 61.8 Å². The second-order valence-corrected chi connectivity index (χ2v) is 7.57. The van der Waals surface area contributed by atoms with Crippen molar-refractivity contribution in [3.05, 3.63) is 58.7 Å².